The fourth-order valence-electron chi connectivity index (χ4n) is 16.0. The molecule has 21 rings (SSSR count). The molecule has 9 fully saturated rings. The van der Waals surface area contributed by atoms with Crippen molar-refractivity contribution in [2.45, 2.75) is 148 Å². The molecule has 27 atom stereocenters. The van der Waals surface area contributed by atoms with Crippen LogP contribution in [0.3, 0.4) is 0 Å². The highest BCUT2D eigenvalue weighted by atomic mass is 32.7. The highest BCUT2D eigenvalue weighted by Gasteiger charge is 2.57. The van der Waals surface area contributed by atoms with E-state index in [2.05, 4.69) is 87.4 Å². The van der Waals surface area contributed by atoms with Gasteiger partial charge in [-0.2, -0.15) is 43.8 Å². The van der Waals surface area contributed by atoms with Crippen LogP contribution >= 0.6 is 52.6 Å². The number of thiol groups is 1. The molecular formula is C63H72F3N27O27P6S6. The summed E-state index contributed by atoms with van der Waals surface area (Å²) in [6, 6.07) is 4.76. The normalized spacial score (nSPS) is 36.6. The van der Waals surface area contributed by atoms with Crippen molar-refractivity contribution < 1.29 is 125 Å². The van der Waals surface area contributed by atoms with E-state index in [1.165, 1.54) is 64.7 Å². The summed E-state index contributed by atoms with van der Waals surface area (Å²) < 4.78 is 173. The molecule has 708 valence electrons. The summed E-state index contributed by atoms with van der Waals surface area (Å²) in [5.41, 5.74) is 35.7. The summed E-state index contributed by atoms with van der Waals surface area (Å²) in [4.78, 5) is 136. The third kappa shape index (κ3) is 18.7. The molecule has 9 saturated heterocycles. The molecule has 132 heavy (non-hydrogen) atoms. The molecule has 0 aromatic carbocycles. The number of halogens is 3. The highest BCUT2D eigenvalue weighted by Crippen LogP contribution is 2.61. The summed E-state index contributed by atoms with van der Waals surface area (Å²) in [7, 11) is 0. The summed E-state index contributed by atoms with van der Waals surface area (Å²) in [6.07, 6.45) is -13.5. The van der Waals surface area contributed by atoms with Gasteiger partial charge in [0.05, 0.1) is 114 Å². The first-order chi connectivity index (χ1) is 62.7. The van der Waals surface area contributed by atoms with E-state index in [0.717, 1.165) is 6.33 Å². The molecule has 0 aliphatic carbocycles. The summed E-state index contributed by atoms with van der Waals surface area (Å²) >= 11 is 30.3. The second-order valence-electron chi connectivity index (χ2n) is 30.4. The van der Waals surface area contributed by atoms with Gasteiger partial charge >= 0.3 is 40.4 Å². The Balaban J connectivity index is 0.000000128. The smallest absolute Gasteiger partial charge is 0.384 e. The summed E-state index contributed by atoms with van der Waals surface area (Å²) in [6.45, 7) is -27.7. The quantitative estimate of drug-likeness (QED) is 0.0834. The maximum atomic E-state index is 15.9. The number of fused-ring (bicyclic) bond motifs is 15. The molecule has 6 unspecified atom stereocenters. The first kappa shape index (κ1) is 93.4. The lowest BCUT2D eigenvalue weighted by Gasteiger charge is -2.27. The van der Waals surface area contributed by atoms with E-state index in [0.29, 0.717) is 51.1 Å². The Morgan fingerprint density at radius 1 is 0.379 bits per heavy atom. The van der Waals surface area contributed by atoms with E-state index in [1.807, 2.05) is 0 Å². The second-order valence-corrected chi connectivity index (χ2v) is 47.2. The molecule has 0 radical (unpaired) electrons. The Bertz CT molecular complexity index is 6380. The monoisotopic (exact) mass is 2070 g/mol. The van der Waals surface area contributed by atoms with Crippen LogP contribution in [-0.2, 0) is 146 Å². The molecule has 20 N–H and O–H groups in total. The topological polar surface area (TPSA) is 722 Å². The minimum atomic E-state index is -4.33. The van der Waals surface area contributed by atoms with Crippen molar-refractivity contribution in [1.82, 2.24) is 102 Å². The lowest BCUT2D eigenvalue weighted by molar-refractivity contribution is -0.0553. The molecule has 21 heterocycles. The molecule has 9 aliphatic rings. The predicted octanol–water partition coefficient (Wildman–Crippen LogP) is 1.85. The number of aromatic nitrogens is 21. The lowest BCUT2D eigenvalue weighted by Crippen LogP contribution is -2.32. The predicted molar refractivity (Wildman–Crippen MR) is 467 cm³/mol. The van der Waals surface area contributed by atoms with E-state index in [9.17, 15) is 43.4 Å². The number of nitrogens with zero attached hydrogens (tertiary/aromatic N) is 18. The van der Waals surface area contributed by atoms with Gasteiger partial charge in [0.1, 0.15) is 72.4 Å². The van der Waals surface area contributed by atoms with Gasteiger partial charge in [-0.25, -0.2) is 47.6 Å². The van der Waals surface area contributed by atoms with Crippen LogP contribution in [0.15, 0.2) is 88.7 Å². The Hall–Kier alpha value is -7.59. The van der Waals surface area contributed by atoms with Crippen molar-refractivity contribution >= 4 is 197 Å². The van der Waals surface area contributed by atoms with Gasteiger partial charge in [0.15, 0.2) is 87.6 Å². The first-order valence-corrected chi connectivity index (χ1v) is 54.5. The Morgan fingerprint density at radius 2 is 0.652 bits per heavy atom. The third-order valence-corrected chi connectivity index (χ3v) is 31.5. The van der Waals surface area contributed by atoms with Gasteiger partial charge < -0.3 is 123 Å². The molecule has 0 amide bonds. The molecule has 12 aromatic rings. The number of hydrogen-bond acceptors (Lipinski definition) is 45. The van der Waals surface area contributed by atoms with Gasteiger partial charge in [-0.15, -0.1) is 0 Å². The number of rotatable bonds is 6. The number of nitrogens with one attached hydrogen (secondary N) is 3. The number of nitrogens with two attached hydrogens (primary N) is 6. The van der Waals surface area contributed by atoms with Crippen molar-refractivity contribution in [3.8, 4) is 0 Å². The van der Waals surface area contributed by atoms with E-state index in [1.54, 1.807) is 30.6 Å². The van der Waals surface area contributed by atoms with Crippen molar-refractivity contribution in [1.29, 1.82) is 0 Å². The van der Waals surface area contributed by atoms with Crippen LogP contribution in [0.5, 0.6) is 0 Å². The van der Waals surface area contributed by atoms with Gasteiger partial charge in [-0.05, 0) is 77.2 Å². The average molecular weight is 2070 g/mol. The van der Waals surface area contributed by atoms with Crippen molar-refractivity contribution in [2.24, 2.45) is 0 Å². The van der Waals surface area contributed by atoms with E-state index < -0.39 is 212 Å². The highest BCUT2D eigenvalue weighted by molar-refractivity contribution is 8.44. The maximum Gasteiger partial charge on any atom is 0.386 e. The van der Waals surface area contributed by atoms with Gasteiger partial charge in [0.2, 0.25) is 17.8 Å². The zero-order chi connectivity index (χ0) is 92.9. The number of anilines is 6. The number of hydrogen-bond donors (Lipinski definition) is 15. The molecule has 69 heteroatoms. The van der Waals surface area contributed by atoms with Gasteiger partial charge in [-0.1, -0.05) is 12.2 Å². The molecule has 54 nitrogen and oxygen atoms in total. The average Bonchev–Trinajstić information content (AvgIpc) is 1.61. The second kappa shape index (κ2) is 36.1. The number of aromatic amines is 3. The van der Waals surface area contributed by atoms with Crippen LogP contribution in [0, 0.1) is 0 Å². The fraction of sp³-hybridized carbons (Fsp3) is 0.476. The number of imidazole rings is 3. The Kier molecular flexibility index (Phi) is 25.5. The lowest BCUT2D eigenvalue weighted by atomic mass is 10.1. The molecular weight excluding hydrogens is 2000 g/mol. The zero-order valence-corrected chi connectivity index (χ0v) is 76.8. The largest absolute Gasteiger partial charge is 0.386 e. The summed E-state index contributed by atoms with van der Waals surface area (Å²) in [5, 5.41) is 12.8. The van der Waals surface area contributed by atoms with Crippen LogP contribution in [0.25, 0.3) is 50.4 Å². The number of nitrogen functional groups attached to an aromatic ring is 6. The standard InChI is InChI=1S/3C21H24FN9O9P2S2/c3*22-14-12-6-36-41(33,43)39-10-3-9(8-4-27-31-13(23)1-2-25-17(8)31)37-11(10)5-35-42(34,44)40-16(14)20(38-12)30-7-26-15-18(30)28-21(24)29-19(15)32/h3*1-2,4,7,9-12,14,16,20H,3,5-6,23H2,(H,33,43)(H,34,44)(H3,24,28,29,32)/t3*9-,10+,11-,12-,14-,16-,20-,41?,42?/m111/s1. The molecule has 0 saturated carbocycles. The minimum absolute atomic E-state index is 0.0420. The molecule has 0 spiro atoms. The third-order valence-electron chi connectivity index (χ3n) is 22.0. The SMILES string of the molecule is Nc1nc2c(ncn2[C@@H]2O[C@@H]3COP(O)(=S)O[C@H]4C[C@H](c5cnn6c(N)ccnc56)O[C@@H]4COP(=O)(S)O[C@@H]2[C@@H]3F)c(=O)[nH]1.Nc1nc2c(ncn2[C@@H]2O[C@@H]3COP(O)(=S)O[C@H]4C[C@H](c5cnn6c(N)ccnc56)O[C@@H]4COP(O)(=S)O[C@@H]2[C@@H]3F)c(=O)[nH]1.Nc1nc2c(ncn2[C@@H]2O[C@@H]3COP(O)(=S)O[C@H]4C[C@H](c5cnn6c(N)ccnc56)O[C@@H]4COP(O)(=S)O[C@@H]2[C@@H]3F)c(=O)[nH]1. The van der Waals surface area contributed by atoms with Crippen LogP contribution in [-0.4, -0.2) is 258 Å². The first-order valence-electron chi connectivity index (χ1n) is 38.9. The minimum Gasteiger partial charge on any atom is -0.384 e. The van der Waals surface area contributed by atoms with Crippen molar-refractivity contribution in [3.63, 3.8) is 0 Å². The summed E-state index contributed by atoms with van der Waals surface area (Å²) in [5.74, 6) is 0.391. The Morgan fingerprint density at radius 3 is 0.955 bits per heavy atom. The van der Waals surface area contributed by atoms with Gasteiger partial charge in [0.25, 0.3) is 16.7 Å². The number of ether oxygens (including phenoxy) is 6. The number of alkyl halides is 3. The van der Waals surface area contributed by atoms with Gasteiger partial charge in [0, 0.05) is 54.5 Å². The van der Waals surface area contributed by atoms with E-state index in [4.69, 9.17) is 176 Å². The molecule has 12 aromatic heterocycles. The Labute approximate surface area is 764 Å². The van der Waals surface area contributed by atoms with Crippen LogP contribution in [0.2, 0.25) is 0 Å². The van der Waals surface area contributed by atoms with E-state index in [-0.39, 0.29) is 83.8 Å². The van der Waals surface area contributed by atoms with Gasteiger partial charge in [-0.3, -0.25) is 61.1 Å². The van der Waals surface area contributed by atoms with E-state index >= 15 is 13.2 Å². The van der Waals surface area contributed by atoms with Crippen LogP contribution in [0.1, 0.15) is 72.9 Å². The maximum absolute atomic E-state index is 15.9. The zero-order valence-electron chi connectivity index (χ0n) is 66.5. The van der Waals surface area contributed by atoms with Crippen LogP contribution in [0.4, 0.5) is 48.5 Å². The van der Waals surface area contributed by atoms with Crippen molar-refractivity contribution in [3.05, 3.63) is 122 Å². The molecule has 6 bridgehead atoms. The van der Waals surface area contributed by atoms with Crippen molar-refractivity contribution in [2.75, 3.05) is 74.0 Å². The number of H-pyrrole nitrogens is 3. The van der Waals surface area contributed by atoms with Crippen LogP contribution < -0.4 is 51.1 Å². The fourth-order valence-corrected chi connectivity index (χ4v) is 24.7. The molecule has 9 aliphatic heterocycles.